The predicted molar refractivity (Wildman–Crippen MR) is 90.9 cm³/mol. The van der Waals surface area contributed by atoms with Crippen LogP contribution in [0.3, 0.4) is 0 Å². The number of nitrogens with one attached hydrogen (secondary N) is 1. The second kappa shape index (κ2) is 6.82. The quantitative estimate of drug-likeness (QED) is 0.521. The molecule has 0 aliphatic heterocycles. The minimum atomic E-state index is -2.16. The molecule has 0 atom stereocenters. The summed E-state index contributed by atoms with van der Waals surface area (Å²) >= 11 is 11.9. The van der Waals surface area contributed by atoms with E-state index in [4.69, 9.17) is 23.2 Å². The Kier molecular flexibility index (Phi) is 4.71. The van der Waals surface area contributed by atoms with Crippen molar-refractivity contribution < 1.29 is 24.6 Å². The van der Waals surface area contributed by atoms with Crippen LogP contribution >= 0.6 is 23.2 Å². The van der Waals surface area contributed by atoms with Crippen molar-refractivity contribution in [2.45, 2.75) is 5.92 Å². The molecular weight excluding hydrogens is 381 g/mol. The zero-order chi connectivity index (χ0) is 19.0. The Morgan fingerprint density at radius 1 is 0.923 bits per heavy atom. The molecule has 3 rings (SSSR count). The highest BCUT2D eigenvalue weighted by molar-refractivity contribution is 6.43. The fraction of sp³-hybridized carbons (Fsp3) is 0.0556. The van der Waals surface area contributed by atoms with E-state index in [2.05, 4.69) is 4.98 Å². The summed E-state index contributed by atoms with van der Waals surface area (Å²) in [5.74, 6) is -6.56. The first-order valence-corrected chi connectivity index (χ1v) is 8.09. The van der Waals surface area contributed by atoms with E-state index >= 15 is 0 Å². The molecule has 0 radical (unpaired) electrons. The highest BCUT2D eigenvalue weighted by atomic mass is 35.5. The molecular formula is C18H9Cl2NO5-2. The molecule has 6 nitrogen and oxygen atoms in total. The van der Waals surface area contributed by atoms with Crippen LogP contribution in [0.5, 0.6) is 0 Å². The van der Waals surface area contributed by atoms with Crippen molar-refractivity contribution in [3.8, 4) is 0 Å². The molecule has 0 spiro atoms. The first kappa shape index (κ1) is 18.0. The summed E-state index contributed by atoms with van der Waals surface area (Å²) in [5.41, 5.74) is 0.0180. The first-order chi connectivity index (χ1) is 12.3. The number of hydrogen-bond acceptors (Lipinski definition) is 5. The Morgan fingerprint density at radius 2 is 1.50 bits per heavy atom. The second-order valence-corrected chi connectivity index (χ2v) is 6.31. The predicted octanol–water partition coefficient (Wildman–Crippen LogP) is 1.29. The lowest BCUT2D eigenvalue weighted by Gasteiger charge is -2.20. The van der Waals surface area contributed by atoms with Crippen molar-refractivity contribution in [3.63, 3.8) is 0 Å². The van der Waals surface area contributed by atoms with Crippen LogP contribution in [-0.4, -0.2) is 22.7 Å². The van der Waals surface area contributed by atoms with Gasteiger partial charge in [-0.15, -0.1) is 0 Å². The molecule has 2 aromatic carbocycles. The number of carbonyl (C=O) groups excluding carboxylic acids is 3. The number of benzene rings is 2. The van der Waals surface area contributed by atoms with Crippen LogP contribution in [-0.2, 0) is 9.59 Å². The van der Waals surface area contributed by atoms with Crippen molar-refractivity contribution in [2.75, 3.05) is 0 Å². The molecule has 0 fully saturated rings. The molecule has 0 saturated carbocycles. The number of fused-ring (bicyclic) bond motifs is 1. The number of rotatable bonds is 5. The monoisotopic (exact) mass is 389 g/mol. The van der Waals surface area contributed by atoms with Gasteiger partial charge in [-0.2, -0.15) is 0 Å². The van der Waals surface area contributed by atoms with Crippen LogP contribution in [0.1, 0.15) is 27.5 Å². The van der Waals surface area contributed by atoms with Crippen LogP contribution < -0.4 is 10.2 Å². The third-order valence-electron chi connectivity index (χ3n) is 3.90. The zero-order valence-corrected chi connectivity index (χ0v) is 14.4. The van der Waals surface area contributed by atoms with Gasteiger partial charge in [0.2, 0.25) is 5.78 Å². The average molecular weight is 390 g/mol. The first-order valence-electron chi connectivity index (χ1n) is 7.33. The van der Waals surface area contributed by atoms with Crippen molar-refractivity contribution in [1.29, 1.82) is 0 Å². The zero-order valence-electron chi connectivity index (χ0n) is 12.9. The summed E-state index contributed by atoms with van der Waals surface area (Å²) in [7, 11) is 0. The van der Waals surface area contributed by atoms with Gasteiger partial charge >= 0.3 is 0 Å². The maximum Gasteiger partial charge on any atom is 0.209 e. The minimum absolute atomic E-state index is 0.0774. The Hall–Kier alpha value is -2.83. The van der Waals surface area contributed by atoms with E-state index in [1.165, 1.54) is 24.3 Å². The van der Waals surface area contributed by atoms with Gasteiger partial charge in [0.05, 0.1) is 33.6 Å². The van der Waals surface area contributed by atoms with E-state index in [-0.39, 0.29) is 37.8 Å². The number of hydrogen-bond donors (Lipinski definition) is 1. The highest BCUT2D eigenvalue weighted by Gasteiger charge is 2.27. The Morgan fingerprint density at radius 3 is 2.08 bits per heavy atom. The van der Waals surface area contributed by atoms with Crippen LogP contribution in [0.25, 0.3) is 10.9 Å². The summed E-state index contributed by atoms with van der Waals surface area (Å²) in [4.78, 5) is 38.4. The van der Waals surface area contributed by atoms with Gasteiger partial charge < -0.3 is 24.8 Å². The molecule has 0 aliphatic carbocycles. The number of carboxylic acids is 2. The van der Waals surface area contributed by atoms with E-state index < -0.39 is 23.6 Å². The smallest absolute Gasteiger partial charge is 0.209 e. The van der Waals surface area contributed by atoms with Gasteiger partial charge in [-0.05, 0) is 12.1 Å². The maximum atomic E-state index is 12.8. The standard InChI is InChI=1S/C18H11Cl2NO5/c19-10-6-9-12(7-11(10)20)21-15(13(9)14(17(23)24)18(25)26)16(22)8-4-2-1-3-5-8/h1-7,14,21H,(H,23,24)(H,25,26)/p-2. The number of ketones is 1. The number of halogens is 2. The number of aromatic amines is 1. The fourth-order valence-corrected chi connectivity index (χ4v) is 3.08. The molecule has 0 aliphatic rings. The lowest BCUT2D eigenvalue weighted by Crippen LogP contribution is -2.42. The maximum absolute atomic E-state index is 12.8. The second-order valence-electron chi connectivity index (χ2n) is 5.49. The lowest BCUT2D eigenvalue weighted by atomic mass is 9.93. The van der Waals surface area contributed by atoms with Gasteiger partial charge in [0.25, 0.3) is 0 Å². The third kappa shape index (κ3) is 3.05. The van der Waals surface area contributed by atoms with Crippen LogP contribution in [0.2, 0.25) is 10.0 Å². The molecule has 1 aromatic heterocycles. The number of aliphatic carboxylic acids is 2. The van der Waals surface area contributed by atoms with Gasteiger partial charge in [-0.3, -0.25) is 4.79 Å². The fourth-order valence-electron chi connectivity index (χ4n) is 2.75. The normalized spacial score (nSPS) is 11.0. The van der Waals surface area contributed by atoms with Crippen molar-refractivity contribution in [2.24, 2.45) is 0 Å². The van der Waals surface area contributed by atoms with Crippen molar-refractivity contribution in [1.82, 2.24) is 4.98 Å². The van der Waals surface area contributed by atoms with E-state index in [1.54, 1.807) is 18.2 Å². The summed E-state index contributed by atoms with van der Waals surface area (Å²) in [5, 5.41) is 23.2. The molecule has 26 heavy (non-hydrogen) atoms. The van der Waals surface area contributed by atoms with E-state index in [0.717, 1.165) is 0 Å². The van der Waals surface area contributed by atoms with Gasteiger partial charge in [0.1, 0.15) is 0 Å². The minimum Gasteiger partial charge on any atom is -0.549 e. The van der Waals surface area contributed by atoms with Gasteiger partial charge in [-0.1, -0.05) is 53.5 Å². The van der Waals surface area contributed by atoms with Gasteiger partial charge in [-0.25, -0.2) is 0 Å². The molecule has 0 saturated heterocycles. The molecule has 0 unspecified atom stereocenters. The number of aromatic nitrogens is 1. The summed E-state index contributed by atoms with van der Waals surface area (Å²) in [6.45, 7) is 0. The van der Waals surface area contributed by atoms with Gasteiger partial charge in [0, 0.05) is 22.0 Å². The van der Waals surface area contributed by atoms with E-state index in [9.17, 15) is 24.6 Å². The number of H-pyrrole nitrogens is 1. The molecule has 1 heterocycles. The van der Waals surface area contributed by atoms with Gasteiger partial charge in [0.15, 0.2) is 0 Å². The van der Waals surface area contributed by atoms with E-state index in [1.807, 2.05) is 0 Å². The summed E-state index contributed by atoms with van der Waals surface area (Å²) in [6, 6.07) is 10.7. The third-order valence-corrected chi connectivity index (χ3v) is 4.62. The molecule has 0 amide bonds. The molecule has 0 bridgehead atoms. The lowest BCUT2D eigenvalue weighted by molar-refractivity contribution is -0.326. The SMILES string of the molecule is O=C(c1ccccc1)c1[nH]c2cc(Cl)c(Cl)cc2c1C(C(=O)[O-])C(=O)[O-]. The molecule has 8 heteroatoms. The Labute approximate surface area is 157 Å². The number of carbonyl (C=O) groups is 3. The molecule has 132 valence electrons. The highest BCUT2D eigenvalue weighted by Crippen LogP contribution is 2.35. The molecule has 3 aromatic rings. The Bertz CT molecular complexity index is 1030. The van der Waals surface area contributed by atoms with Crippen LogP contribution in [0.15, 0.2) is 42.5 Å². The van der Waals surface area contributed by atoms with Crippen molar-refractivity contribution in [3.05, 3.63) is 69.3 Å². The molecule has 1 N–H and O–H groups in total. The summed E-state index contributed by atoms with van der Waals surface area (Å²) < 4.78 is 0. The average Bonchev–Trinajstić information content (AvgIpc) is 2.93. The van der Waals surface area contributed by atoms with Crippen LogP contribution in [0.4, 0.5) is 0 Å². The topological polar surface area (TPSA) is 113 Å². The Balaban J connectivity index is 2.34. The number of carboxylic acid groups (broad SMARTS) is 2. The van der Waals surface area contributed by atoms with Crippen LogP contribution in [0, 0.1) is 0 Å². The largest absolute Gasteiger partial charge is 0.549 e. The summed E-state index contributed by atoms with van der Waals surface area (Å²) in [6.07, 6.45) is 0. The van der Waals surface area contributed by atoms with Crippen molar-refractivity contribution >= 4 is 51.8 Å². The van der Waals surface area contributed by atoms with E-state index in [0.29, 0.717) is 0 Å².